The highest BCUT2D eigenvalue weighted by Crippen LogP contribution is 2.14. The minimum absolute atomic E-state index is 0.280. The molecule has 140 valence electrons. The lowest BCUT2D eigenvalue weighted by Crippen LogP contribution is -2.32. The Morgan fingerprint density at radius 2 is 2.00 bits per heavy atom. The van der Waals surface area contributed by atoms with E-state index in [2.05, 4.69) is 31.0 Å². The fraction of sp³-hybridized carbons (Fsp3) is 0.222. The highest BCUT2D eigenvalue weighted by Gasteiger charge is 2.05. The first kappa shape index (κ1) is 18.2. The molecule has 0 aliphatic carbocycles. The zero-order valence-electron chi connectivity index (χ0n) is 15.1. The average molecular weight is 367 g/mol. The van der Waals surface area contributed by atoms with Gasteiger partial charge < -0.3 is 20.7 Å². The van der Waals surface area contributed by atoms with Crippen molar-refractivity contribution < 1.29 is 9.53 Å². The molecule has 0 saturated heterocycles. The topological polar surface area (TPSA) is 106 Å². The van der Waals surface area contributed by atoms with E-state index in [1.807, 2.05) is 19.2 Å². The largest absolute Gasteiger partial charge is 0.497 e. The number of anilines is 2. The van der Waals surface area contributed by atoms with Crippen LogP contribution in [0.15, 0.2) is 48.8 Å². The molecule has 27 heavy (non-hydrogen) atoms. The van der Waals surface area contributed by atoms with E-state index in [0.29, 0.717) is 36.2 Å². The third kappa shape index (κ3) is 5.18. The summed E-state index contributed by atoms with van der Waals surface area (Å²) in [4.78, 5) is 20.6. The molecule has 0 fully saturated rings. The summed E-state index contributed by atoms with van der Waals surface area (Å²) in [6, 6.07) is 10.5. The highest BCUT2D eigenvalue weighted by molar-refractivity contribution is 5.89. The summed E-state index contributed by atoms with van der Waals surface area (Å²) >= 11 is 0. The van der Waals surface area contributed by atoms with Crippen LogP contribution in [0.25, 0.3) is 5.82 Å². The molecule has 3 N–H and O–H groups in total. The van der Waals surface area contributed by atoms with Crippen LogP contribution in [0.1, 0.15) is 5.82 Å². The molecule has 0 atom stereocenters. The fourth-order valence-electron chi connectivity index (χ4n) is 2.38. The van der Waals surface area contributed by atoms with Gasteiger partial charge in [-0.1, -0.05) is 0 Å². The van der Waals surface area contributed by atoms with Gasteiger partial charge in [0.05, 0.1) is 7.11 Å². The van der Waals surface area contributed by atoms with E-state index in [9.17, 15) is 4.79 Å². The van der Waals surface area contributed by atoms with Gasteiger partial charge in [-0.3, -0.25) is 0 Å². The van der Waals surface area contributed by atoms with E-state index in [0.717, 1.165) is 5.75 Å². The summed E-state index contributed by atoms with van der Waals surface area (Å²) in [5.74, 6) is 2.72. The average Bonchev–Trinajstić information content (AvgIpc) is 3.20. The van der Waals surface area contributed by atoms with Gasteiger partial charge in [0.1, 0.15) is 17.4 Å². The Kier molecular flexibility index (Phi) is 5.83. The number of ether oxygens (including phenoxy) is 1. The Balaban J connectivity index is 1.46. The Hall–Kier alpha value is -3.62. The second kappa shape index (κ2) is 8.65. The van der Waals surface area contributed by atoms with Crippen molar-refractivity contribution in [1.29, 1.82) is 0 Å². The lowest BCUT2D eigenvalue weighted by Gasteiger charge is -2.10. The monoisotopic (exact) mass is 367 g/mol. The van der Waals surface area contributed by atoms with Gasteiger partial charge in [-0.05, 0) is 37.3 Å². The first-order valence-electron chi connectivity index (χ1n) is 8.42. The molecule has 3 aromatic rings. The number of urea groups is 1. The number of nitrogens with zero attached hydrogens (tertiary/aromatic N) is 4. The number of aryl methyl sites for hydroxylation is 1. The van der Waals surface area contributed by atoms with Crippen LogP contribution in [0.2, 0.25) is 0 Å². The van der Waals surface area contributed by atoms with Gasteiger partial charge in [-0.25, -0.2) is 19.4 Å². The van der Waals surface area contributed by atoms with Crippen molar-refractivity contribution in [3.8, 4) is 11.6 Å². The maximum absolute atomic E-state index is 11.9. The molecule has 9 nitrogen and oxygen atoms in total. The predicted octanol–water partition coefficient (Wildman–Crippen LogP) is 2.21. The molecule has 0 aliphatic rings. The molecule has 0 saturated carbocycles. The van der Waals surface area contributed by atoms with Gasteiger partial charge in [0.15, 0.2) is 5.82 Å². The lowest BCUT2D eigenvalue weighted by molar-refractivity contribution is 0.252. The Morgan fingerprint density at radius 3 is 2.70 bits per heavy atom. The van der Waals surface area contributed by atoms with E-state index in [4.69, 9.17) is 4.74 Å². The van der Waals surface area contributed by atoms with Gasteiger partial charge in [0.2, 0.25) is 0 Å². The second-order valence-corrected chi connectivity index (χ2v) is 5.65. The third-order valence-corrected chi connectivity index (χ3v) is 3.63. The third-order valence-electron chi connectivity index (χ3n) is 3.63. The van der Waals surface area contributed by atoms with Gasteiger partial charge in [-0.15, -0.1) is 0 Å². The van der Waals surface area contributed by atoms with Crippen molar-refractivity contribution in [2.24, 2.45) is 0 Å². The van der Waals surface area contributed by atoms with Crippen LogP contribution >= 0.6 is 0 Å². The minimum Gasteiger partial charge on any atom is -0.497 e. The van der Waals surface area contributed by atoms with E-state index >= 15 is 0 Å². The first-order valence-corrected chi connectivity index (χ1v) is 8.42. The summed E-state index contributed by atoms with van der Waals surface area (Å²) in [5, 5.41) is 12.9. The molecule has 0 bridgehead atoms. The zero-order valence-corrected chi connectivity index (χ0v) is 15.1. The number of hydrogen-bond donors (Lipinski definition) is 3. The molecule has 0 unspecified atom stereocenters. The van der Waals surface area contributed by atoms with Gasteiger partial charge in [0, 0.05) is 37.2 Å². The van der Waals surface area contributed by atoms with Crippen LogP contribution in [0, 0.1) is 6.92 Å². The van der Waals surface area contributed by atoms with Crippen LogP contribution in [-0.2, 0) is 0 Å². The van der Waals surface area contributed by atoms with Crippen LogP contribution in [0.4, 0.5) is 16.3 Å². The predicted molar refractivity (Wildman–Crippen MR) is 102 cm³/mol. The van der Waals surface area contributed by atoms with Crippen LogP contribution in [-0.4, -0.2) is 46.0 Å². The van der Waals surface area contributed by atoms with E-state index in [1.54, 1.807) is 48.3 Å². The number of aromatic nitrogens is 4. The molecule has 2 heterocycles. The summed E-state index contributed by atoms with van der Waals surface area (Å²) < 4.78 is 6.75. The number of hydrogen-bond acceptors (Lipinski definition) is 6. The summed E-state index contributed by atoms with van der Waals surface area (Å²) in [6.45, 7) is 2.77. The first-order chi connectivity index (χ1) is 13.1. The van der Waals surface area contributed by atoms with Gasteiger partial charge in [-0.2, -0.15) is 5.10 Å². The number of carbonyl (C=O) groups excluding carboxylic acids is 1. The number of rotatable bonds is 7. The highest BCUT2D eigenvalue weighted by atomic mass is 16.5. The summed E-state index contributed by atoms with van der Waals surface area (Å²) in [5.41, 5.74) is 0.691. The minimum atomic E-state index is -0.280. The second-order valence-electron chi connectivity index (χ2n) is 5.65. The summed E-state index contributed by atoms with van der Waals surface area (Å²) in [7, 11) is 1.60. The smallest absolute Gasteiger partial charge is 0.319 e. The number of carbonyl (C=O) groups is 1. The number of amides is 2. The Bertz CT molecular complexity index is 879. The van der Waals surface area contributed by atoms with E-state index in [1.165, 1.54) is 0 Å². The Labute approximate surface area is 156 Å². The molecule has 1 aromatic carbocycles. The van der Waals surface area contributed by atoms with Crippen LogP contribution < -0.4 is 20.7 Å². The van der Waals surface area contributed by atoms with Crippen molar-refractivity contribution in [3.05, 3.63) is 54.6 Å². The van der Waals surface area contributed by atoms with Crippen molar-refractivity contribution in [3.63, 3.8) is 0 Å². The lowest BCUT2D eigenvalue weighted by atomic mass is 10.3. The number of methoxy groups -OCH3 is 1. The van der Waals surface area contributed by atoms with Crippen LogP contribution in [0.5, 0.6) is 5.75 Å². The molecule has 2 aromatic heterocycles. The van der Waals surface area contributed by atoms with E-state index in [-0.39, 0.29) is 6.03 Å². The standard InChI is InChI=1S/C18H21N7O2/c1-13-22-16(12-17(23-13)25-11-3-8-21-25)19-9-10-20-18(26)24-14-4-6-15(27-2)7-5-14/h3-8,11-12H,9-10H2,1-2H3,(H,19,22,23)(H2,20,24,26). The molecular formula is C18H21N7O2. The number of benzene rings is 1. The fourth-order valence-corrected chi connectivity index (χ4v) is 2.38. The van der Waals surface area contributed by atoms with Crippen molar-refractivity contribution in [2.45, 2.75) is 6.92 Å². The van der Waals surface area contributed by atoms with Crippen molar-refractivity contribution >= 4 is 17.5 Å². The zero-order chi connectivity index (χ0) is 19.1. The maximum Gasteiger partial charge on any atom is 0.319 e. The summed E-state index contributed by atoms with van der Waals surface area (Å²) in [6.07, 6.45) is 3.51. The maximum atomic E-state index is 11.9. The normalized spacial score (nSPS) is 10.3. The molecule has 3 rings (SSSR count). The molecule has 2 amide bonds. The molecule has 0 radical (unpaired) electrons. The van der Waals surface area contributed by atoms with Gasteiger partial charge >= 0.3 is 6.03 Å². The van der Waals surface area contributed by atoms with Crippen LogP contribution in [0.3, 0.4) is 0 Å². The molecule has 0 aliphatic heterocycles. The molecule has 0 spiro atoms. The van der Waals surface area contributed by atoms with E-state index < -0.39 is 0 Å². The molecule has 9 heteroatoms. The van der Waals surface area contributed by atoms with Crippen molar-refractivity contribution in [2.75, 3.05) is 30.8 Å². The number of nitrogens with one attached hydrogen (secondary N) is 3. The van der Waals surface area contributed by atoms with Crippen molar-refractivity contribution in [1.82, 2.24) is 25.1 Å². The SMILES string of the molecule is COc1ccc(NC(=O)NCCNc2cc(-n3cccn3)nc(C)n2)cc1. The quantitative estimate of drug-likeness (QED) is 0.553. The van der Waals surface area contributed by atoms with Gasteiger partial charge in [0.25, 0.3) is 0 Å². The molecular weight excluding hydrogens is 346 g/mol. The Morgan fingerprint density at radius 1 is 1.19 bits per heavy atom.